The SMILES string of the molecule is Cn1cc(CNCc2ccc(C(N)=O)cc2)cn1. The largest absolute Gasteiger partial charge is 0.366 e. The molecule has 5 heteroatoms. The highest BCUT2D eigenvalue weighted by atomic mass is 16.1. The molecule has 0 bridgehead atoms. The summed E-state index contributed by atoms with van der Waals surface area (Å²) >= 11 is 0. The fourth-order valence-corrected chi connectivity index (χ4v) is 1.70. The van der Waals surface area contributed by atoms with Gasteiger partial charge in [-0.15, -0.1) is 0 Å². The number of nitrogens with zero attached hydrogens (tertiary/aromatic N) is 2. The lowest BCUT2D eigenvalue weighted by Crippen LogP contribution is -2.13. The van der Waals surface area contributed by atoms with Gasteiger partial charge in [-0.05, 0) is 17.7 Å². The van der Waals surface area contributed by atoms with Crippen LogP contribution >= 0.6 is 0 Å². The van der Waals surface area contributed by atoms with Crippen molar-refractivity contribution in [3.05, 3.63) is 53.3 Å². The van der Waals surface area contributed by atoms with E-state index in [1.54, 1.807) is 16.8 Å². The number of rotatable bonds is 5. The zero-order valence-electron chi connectivity index (χ0n) is 10.3. The summed E-state index contributed by atoms with van der Waals surface area (Å²) in [7, 11) is 1.89. The average molecular weight is 244 g/mol. The maximum Gasteiger partial charge on any atom is 0.248 e. The molecule has 94 valence electrons. The fourth-order valence-electron chi connectivity index (χ4n) is 1.70. The van der Waals surface area contributed by atoms with Crippen LogP contribution in [0.3, 0.4) is 0 Å². The summed E-state index contributed by atoms with van der Waals surface area (Å²) in [4.78, 5) is 10.9. The van der Waals surface area contributed by atoms with Crippen molar-refractivity contribution in [3.8, 4) is 0 Å². The highest BCUT2D eigenvalue weighted by molar-refractivity contribution is 5.92. The molecule has 1 aromatic carbocycles. The molecule has 0 aliphatic heterocycles. The second-order valence-electron chi connectivity index (χ2n) is 4.19. The van der Waals surface area contributed by atoms with Crippen molar-refractivity contribution < 1.29 is 4.79 Å². The van der Waals surface area contributed by atoms with Gasteiger partial charge in [-0.3, -0.25) is 9.48 Å². The molecule has 3 N–H and O–H groups in total. The van der Waals surface area contributed by atoms with E-state index in [9.17, 15) is 4.79 Å². The van der Waals surface area contributed by atoms with Crippen molar-refractivity contribution in [1.29, 1.82) is 0 Å². The molecule has 0 atom stereocenters. The quantitative estimate of drug-likeness (QED) is 0.817. The number of primary amides is 1. The molecule has 1 heterocycles. The normalized spacial score (nSPS) is 10.5. The van der Waals surface area contributed by atoms with Crippen molar-refractivity contribution in [2.45, 2.75) is 13.1 Å². The molecule has 18 heavy (non-hydrogen) atoms. The monoisotopic (exact) mass is 244 g/mol. The van der Waals surface area contributed by atoms with Gasteiger partial charge in [0.25, 0.3) is 0 Å². The van der Waals surface area contributed by atoms with E-state index in [0.717, 1.165) is 24.2 Å². The van der Waals surface area contributed by atoms with E-state index in [4.69, 9.17) is 5.73 Å². The Balaban J connectivity index is 1.85. The highest BCUT2D eigenvalue weighted by Crippen LogP contribution is 2.04. The molecule has 2 rings (SSSR count). The molecule has 0 saturated heterocycles. The number of benzene rings is 1. The molecule has 5 nitrogen and oxygen atoms in total. The molecule has 1 amide bonds. The van der Waals surface area contributed by atoms with Gasteiger partial charge in [-0.25, -0.2) is 0 Å². The van der Waals surface area contributed by atoms with Crippen LogP contribution in [0.5, 0.6) is 0 Å². The summed E-state index contributed by atoms with van der Waals surface area (Å²) in [6.07, 6.45) is 3.81. The number of carbonyl (C=O) groups excluding carboxylic acids is 1. The van der Waals surface area contributed by atoms with Gasteiger partial charge in [-0.1, -0.05) is 12.1 Å². The van der Waals surface area contributed by atoms with Crippen LogP contribution in [0.2, 0.25) is 0 Å². The van der Waals surface area contributed by atoms with Gasteiger partial charge in [0.05, 0.1) is 6.20 Å². The van der Waals surface area contributed by atoms with Gasteiger partial charge in [0.2, 0.25) is 5.91 Å². The Morgan fingerprint density at radius 2 is 1.94 bits per heavy atom. The molecule has 0 saturated carbocycles. The Bertz CT molecular complexity index is 530. The van der Waals surface area contributed by atoms with Crippen LogP contribution in [0.15, 0.2) is 36.7 Å². The molecular formula is C13H16N4O. The molecule has 0 aliphatic rings. The zero-order chi connectivity index (χ0) is 13.0. The minimum atomic E-state index is -0.398. The third kappa shape index (κ3) is 3.18. The lowest BCUT2D eigenvalue weighted by atomic mass is 10.1. The number of aromatic nitrogens is 2. The highest BCUT2D eigenvalue weighted by Gasteiger charge is 2.00. The number of hydrogen-bond donors (Lipinski definition) is 2. The Kier molecular flexibility index (Phi) is 3.74. The topological polar surface area (TPSA) is 72.9 Å². The molecule has 0 radical (unpaired) electrons. The van der Waals surface area contributed by atoms with Crippen molar-refractivity contribution >= 4 is 5.91 Å². The Morgan fingerprint density at radius 3 is 2.50 bits per heavy atom. The first kappa shape index (κ1) is 12.3. The average Bonchev–Trinajstić information content (AvgIpc) is 2.76. The number of carbonyl (C=O) groups is 1. The van der Waals surface area contributed by atoms with Gasteiger partial charge in [0.15, 0.2) is 0 Å². The minimum Gasteiger partial charge on any atom is -0.366 e. The maximum atomic E-state index is 10.9. The summed E-state index contributed by atoms with van der Waals surface area (Å²) in [5, 5.41) is 7.41. The minimum absolute atomic E-state index is 0.398. The van der Waals surface area contributed by atoms with E-state index >= 15 is 0 Å². The molecule has 0 unspecified atom stereocenters. The molecule has 0 aliphatic carbocycles. The molecule has 0 spiro atoms. The Morgan fingerprint density at radius 1 is 1.28 bits per heavy atom. The van der Waals surface area contributed by atoms with Crippen molar-refractivity contribution in [2.75, 3.05) is 0 Å². The van der Waals surface area contributed by atoms with E-state index in [1.807, 2.05) is 31.6 Å². The first-order valence-corrected chi connectivity index (χ1v) is 5.72. The van der Waals surface area contributed by atoms with Crippen molar-refractivity contribution in [2.24, 2.45) is 12.8 Å². The van der Waals surface area contributed by atoms with Crippen LogP contribution in [0, 0.1) is 0 Å². The molecule has 0 fully saturated rings. The second kappa shape index (κ2) is 5.46. The van der Waals surface area contributed by atoms with Gasteiger partial charge >= 0.3 is 0 Å². The van der Waals surface area contributed by atoms with E-state index in [-0.39, 0.29) is 0 Å². The Labute approximate surface area is 106 Å². The first-order chi connectivity index (χ1) is 8.65. The van der Waals surface area contributed by atoms with Gasteiger partial charge in [-0.2, -0.15) is 5.10 Å². The third-order valence-corrected chi connectivity index (χ3v) is 2.66. The summed E-state index contributed by atoms with van der Waals surface area (Å²) in [5.41, 5.74) is 7.97. The Hall–Kier alpha value is -2.14. The van der Waals surface area contributed by atoms with Crippen LogP contribution in [0.25, 0.3) is 0 Å². The van der Waals surface area contributed by atoms with Gasteiger partial charge in [0.1, 0.15) is 0 Å². The smallest absolute Gasteiger partial charge is 0.248 e. The number of nitrogens with one attached hydrogen (secondary N) is 1. The summed E-state index contributed by atoms with van der Waals surface area (Å²) in [6.45, 7) is 1.51. The lowest BCUT2D eigenvalue weighted by molar-refractivity contribution is 0.100. The van der Waals surface area contributed by atoms with E-state index < -0.39 is 5.91 Å². The van der Waals surface area contributed by atoms with Crippen molar-refractivity contribution in [3.63, 3.8) is 0 Å². The predicted octanol–water partition coefficient (Wildman–Crippen LogP) is 0.809. The second-order valence-corrected chi connectivity index (χ2v) is 4.19. The number of hydrogen-bond acceptors (Lipinski definition) is 3. The third-order valence-electron chi connectivity index (χ3n) is 2.66. The van der Waals surface area contributed by atoms with Gasteiger partial charge < -0.3 is 11.1 Å². The summed E-state index contributed by atoms with van der Waals surface area (Å²) in [6, 6.07) is 7.28. The summed E-state index contributed by atoms with van der Waals surface area (Å²) < 4.78 is 1.78. The standard InChI is InChI=1S/C13H16N4O/c1-17-9-11(8-16-17)7-15-6-10-2-4-12(5-3-10)13(14)18/h2-5,8-9,15H,6-7H2,1H3,(H2,14,18). The molecular weight excluding hydrogens is 228 g/mol. The summed E-state index contributed by atoms with van der Waals surface area (Å²) in [5.74, 6) is -0.398. The van der Waals surface area contributed by atoms with Crippen LogP contribution in [-0.2, 0) is 20.1 Å². The van der Waals surface area contributed by atoms with Crippen molar-refractivity contribution in [1.82, 2.24) is 15.1 Å². The maximum absolute atomic E-state index is 10.9. The van der Waals surface area contributed by atoms with Crippen LogP contribution in [0.1, 0.15) is 21.5 Å². The van der Waals surface area contributed by atoms with E-state index in [0.29, 0.717) is 5.56 Å². The number of aryl methyl sites for hydroxylation is 1. The zero-order valence-corrected chi connectivity index (χ0v) is 10.3. The predicted molar refractivity (Wildman–Crippen MR) is 68.7 cm³/mol. The molecule has 1 aromatic heterocycles. The van der Waals surface area contributed by atoms with Gasteiger partial charge in [0, 0.05) is 37.5 Å². The molecule has 2 aromatic rings. The lowest BCUT2D eigenvalue weighted by Gasteiger charge is -2.04. The van der Waals surface area contributed by atoms with Crippen LogP contribution in [0.4, 0.5) is 0 Å². The van der Waals surface area contributed by atoms with Crippen LogP contribution < -0.4 is 11.1 Å². The first-order valence-electron chi connectivity index (χ1n) is 5.72. The van der Waals surface area contributed by atoms with E-state index in [2.05, 4.69) is 10.4 Å². The van der Waals surface area contributed by atoms with E-state index in [1.165, 1.54) is 0 Å². The number of amides is 1. The van der Waals surface area contributed by atoms with Crippen LogP contribution in [-0.4, -0.2) is 15.7 Å². The fraction of sp³-hybridized carbons (Fsp3) is 0.231. The number of nitrogens with two attached hydrogens (primary N) is 1.